The molecule has 0 unspecified atom stereocenters. The zero-order valence-electron chi connectivity index (χ0n) is 8.21. The van der Waals surface area contributed by atoms with Crippen molar-refractivity contribution in [2.45, 2.75) is 6.92 Å². The molecule has 0 aromatic rings. The highest BCUT2D eigenvalue weighted by Crippen LogP contribution is 2.20. The summed E-state index contributed by atoms with van der Waals surface area (Å²) in [5.74, 6) is 0. The molecule has 0 aliphatic carbocycles. The summed E-state index contributed by atoms with van der Waals surface area (Å²) < 4.78 is 3.93. The van der Waals surface area contributed by atoms with Crippen LogP contribution in [0.5, 0.6) is 0 Å². The first kappa shape index (κ1) is 12.7. The van der Waals surface area contributed by atoms with Gasteiger partial charge in [0.15, 0.2) is 0 Å². The van der Waals surface area contributed by atoms with E-state index in [0.29, 0.717) is 0 Å². The number of hydrogen-bond donors (Lipinski definition) is 2. The first-order chi connectivity index (χ1) is 6.10. The van der Waals surface area contributed by atoms with Gasteiger partial charge in [-0.15, -0.1) is 0 Å². The SMILES string of the molecule is CCN1C=CN(C)C1.COP(O)O. The van der Waals surface area contributed by atoms with E-state index in [0.717, 1.165) is 13.2 Å². The molecule has 0 amide bonds. The number of rotatable bonds is 2. The Hall–Kier alpha value is -0.350. The van der Waals surface area contributed by atoms with Gasteiger partial charge in [0.1, 0.15) is 0 Å². The Morgan fingerprint density at radius 2 is 2.00 bits per heavy atom. The van der Waals surface area contributed by atoms with Crippen LogP contribution in [-0.2, 0) is 4.52 Å². The lowest BCUT2D eigenvalue weighted by Gasteiger charge is -2.14. The van der Waals surface area contributed by atoms with Gasteiger partial charge in [-0.2, -0.15) is 0 Å². The molecule has 0 bridgehead atoms. The van der Waals surface area contributed by atoms with Gasteiger partial charge in [-0.25, -0.2) is 0 Å². The summed E-state index contributed by atoms with van der Waals surface area (Å²) in [7, 11) is 1.21. The first-order valence-electron chi connectivity index (χ1n) is 3.94. The minimum absolute atomic E-state index is 1.05. The molecule has 0 saturated carbocycles. The van der Waals surface area contributed by atoms with Gasteiger partial charge in [-0.05, 0) is 6.92 Å². The van der Waals surface area contributed by atoms with Gasteiger partial charge in [0.2, 0.25) is 0 Å². The Bertz CT molecular complexity index is 155. The molecule has 1 aliphatic rings. The molecular weight excluding hydrogens is 191 g/mol. The van der Waals surface area contributed by atoms with E-state index in [2.05, 4.69) is 40.7 Å². The van der Waals surface area contributed by atoms with Gasteiger partial charge in [-0.3, -0.25) is 0 Å². The van der Waals surface area contributed by atoms with Crippen molar-refractivity contribution in [3.63, 3.8) is 0 Å². The molecule has 1 rings (SSSR count). The van der Waals surface area contributed by atoms with Crippen molar-refractivity contribution in [1.82, 2.24) is 9.80 Å². The average Bonchev–Trinajstić information content (AvgIpc) is 2.52. The molecule has 0 spiro atoms. The van der Waals surface area contributed by atoms with Gasteiger partial charge < -0.3 is 24.1 Å². The fourth-order valence-corrected chi connectivity index (χ4v) is 0.794. The molecular formula is C7H17N2O3P. The van der Waals surface area contributed by atoms with Gasteiger partial charge in [-0.1, -0.05) is 0 Å². The molecule has 0 saturated heterocycles. The van der Waals surface area contributed by atoms with E-state index in [4.69, 9.17) is 9.79 Å². The average molecular weight is 208 g/mol. The second-order valence-corrected chi connectivity index (χ2v) is 3.41. The lowest BCUT2D eigenvalue weighted by atomic mass is 10.6. The highest BCUT2D eigenvalue weighted by Gasteiger charge is 2.03. The summed E-state index contributed by atoms with van der Waals surface area (Å²) in [4.78, 5) is 19.9. The molecule has 13 heavy (non-hydrogen) atoms. The number of nitrogens with zero attached hydrogens (tertiary/aromatic N) is 2. The summed E-state index contributed by atoms with van der Waals surface area (Å²) in [6.07, 6.45) is 4.20. The monoisotopic (exact) mass is 208 g/mol. The van der Waals surface area contributed by atoms with E-state index in [-0.39, 0.29) is 0 Å². The molecule has 0 fully saturated rings. The van der Waals surface area contributed by atoms with E-state index in [9.17, 15) is 0 Å². The molecule has 1 heterocycles. The van der Waals surface area contributed by atoms with Crippen molar-refractivity contribution in [3.05, 3.63) is 12.4 Å². The van der Waals surface area contributed by atoms with E-state index >= 15 is 0 Å². The van der Waals surface area contributed by atoms with Crippen LogP contribution < -0.4 is 0 Å². The zero-order chi connectivity index (χ0) is 10.3. The lowest BCUT2D eigenvalue weighted by molar-refractivity contribution is 0.308. The first-order valence-corrected chi connectivity index (χ1v) is 5.11. The maximum absolute atomic E-state index is 7.76. The smallest absolute Gasteiger partial charge is 0.326 e. The van der Waals surface area contributed by atoms with Crippen LogP contribution in [0.25, 0.3) is 0 Å². The van der Waals surface area contributed by atoms with Crippen LogP contribution in [0.4, 0.5) is 0 Å². The molecule has 0 atom stereocenters. The lowest BCUT2D eigenvalue weighted by Crippen LogP contribution is -2.21. The zero-order valence-corrected chi connectivity index (χ0v) is 9.11. The second kappa shape index (κ2) is 7.09. The van der Waals surface area contributed by atoms with E-state index < -0.39 is 8.60 Å². The Labute approximate surface area is 80.2 Å². The Balaban J connectivity index is 0.000000252. The van der Waals surface area contributed by atoms with Crippen LogP contribution in [0, 0.1) is 0 Å². The number of hydrogen-bond acceptors (Lipinski definition) is 5. The van der Waals surface area contributed by atoms with Crippen LogP contribution in [0.15, 0.2) is 12.4 Å². The summed E-state index contributed by atoms with van der Waals surface area (Å²) in [6.45, 7) is 4.32. The highest BCUT2D eigenvalue weighted by molar-refractivity contribution is 7.39. The molecule has 78 valence electrons. The van der Waals surface area contributed by atoms with Crippen LogP contribution in [0.3, 0.4) is 0 Å². The quantitative estimate of drug-likeness (QED) is 0.648. The second-order valence-electron chi connectivity index (χ2n) is 2.54. The largest absolute Gasteiger partial charge is 0.362 e. The third-order valence-electron chi connectivity index (χ3n) is 1.51. The van der Waals surface area contributed by atoms with Crippen molar-refractivity contribution in [2.75, 3.05) is 27.4 Å². The molecule has 2 N–H and O–H groups in total. The van der Waals surface area contributed by atoms with Crippen molar-refractivity contribution in [2.24, 2.45) is 0 Å². The predicted octanol–water partition coefficient (Wildman–Crippen LogP) is 0.527. The third kappa shape index (κ3) is 6.78. The summed E-state index contributed by atoms with van der Waals surface area (Å²) >= 11 is 0. The summed E-state index contributed by atoms with van der Waals surface area (Å²) in [5.41, 5.74) is 0. The predicted molar refractivity (Wildman–Crippen MR) is 52.5 cm³/mol. The van der Waals surface area contributed by atoms with E-state index in [1.54, 1.807) is 0 Å². The topological polar surface area (TPSA) is 56.2 Å². The molecule has 0 aromatic carbocycles. The van der Waals surface area contributed by atoms with Gasteiger partial charge in [0.05, 0.1) is 6.67 Å². The standard InChI is InChI=1S/C6H12N2.CH5O3P/c1-3-8-5-4-7(2)6-8;1-4-5(2)3/h4-5H,3,6H2,1-2H3;2-3H,1H3. The molecule has 1 aliphatic heterocycles. The van der Waals surface area contributed by atoms with Gasteiger partial charge >= 0.3 is 8.60 Å². The molecule has 5 nitrogen and oxygen atoms in total. The minimum Gasteiger partial charge on any atom is -0.362 e. The van der Waals surface area contributed by atoms with Crippen LogP contribution >= 0.6 is 8.60 Å². The third-order valence-corrected chi connectivity index (χ3v) is 1.83. The fraction of sp³-hybridized carbons (Fsp3) is 0.714. The van der Waals surface area contributed by atoms with Crippen LogP contribution in [0.1, 0.15) is 6.92 Å². The van der Waals surface area contributed by atoms with E-state index in [1.165, 1.54) is 7.11 Å². The Morgan fingerprint density at radius 1 is 1.46 bits per heavy atom. The van der Waals surface area contributed by atoms with Crippen molar-refractivity contribution < 1.29 is 14.3 Å². The normalized spacial score (nSPS) is 14.9. The van der Waals surface area contributed by atoms with Crippen LogP contribution in [0.2, 0.25) is 0 Å². The Morgan fingerprint density at radius 3 is 2.15 bits per heavy atom. The van der Waals surface area contributed by atoms with Crippen LogP contribution in [-0.4, -0.2) is 47.0 Å². The maximum Gasteiger partial charge on any atom is 0.326 e. The molecule has 0 aromatic heterocycles. The van der Waals surface area contributed by atoms with Crippen molar-refractivity contribution in [1.29, 1.82) is 0 Å². The maximum atomic E-state index is 7.76. The van der Waals surface area contributed by atoms with E-state index in [1.807, 2.05) is 0 Å². The summed E-state index contributed by atoms with van der Waals surface area (Å²) in [6, 6.07) is 0. The summed E-state index contributed by atoms with van der Waals surface area (Å²) in [5, 5.41) is 0. The Kier molecular flexibility index (Phi) is 6.90. The van der Waals surface area contributed by atoms with Crippen molar-refractivity contribution >= 4 is 8.60 Å². The van der Waals surface area contributed by atoms with Gasteiger partial charge in [0.25, 0.3) is 0 Å². The minimum atomic E-state index is -2.10. The highest BCUT2D eigenvalue weighted by atomic mass is 31.2. The molecule has 0 radical (unpaired) electrons. The van der Waals surface area contributed by atoms with Gasteiger partial charge in [0, 0.05) is 33.1 Å². The molecule has 6 heteroatoms. The van der Waals surface area contributed by atoms with Crippen molar-refractivity contribution in [3.8, 4) is 0 Å². The fourth-order valence-electron chi connectivity index (χ4n) is 0.794.